The summed E-state index contributed by atoms with van der Waals surface area (Å²) in [5, 5.41) is 19.2. The fourth-order valence-electron chi connectivity index (χ4n) is 11.7. The standard InChI is InChI=1S/C65H41N5/c1-2-18-43(19-3-1)63-66-64(53-26-14-25-50-47-20-7-4-15-40(47)30-34-51(50)53)68-65(67-63)62-49-22-9-6-17-42(49)32-36-59(62)70-56-27-12-10-23-52(56)55-38-45-37-46(33-29-44(45)39-60(55)70)69-57-28-13-11-24-54(57)61-48-21-8-5-16-41(48)31-35-58(61)69/h1-39,63H,(H,66,67,68)/p+1. The summed E-state index contributed by atoms with van der Waals surface area (Å²) in [5.74, 6) is 1.63. The third-order valence-electron chi connectivity index (χ3n) is 14.8. The van der Waals surface area contributed by atoms with Gasteiger partial charge in [-0.25, -0.2) is 4.99 Å². The summed E-state index contributed by atoms with van der Waals surface area (Å²) in [4.78, 5) is 11.3. The molecular formula is C65H42N5+. The van der Waals surface area contributed by atoms with E-state index in [1.165, 1.54) is 75.7 Å². The topological polar surface area (TPSA) is 51.2 Å². The lowest BCUT2D eigenvalue weighted by molar-refractivity contribution is -0.586. The number of nitrogens with zero attached hydrogens (tertiary/aromatic N) is 4. The van der Waals surface area contributed by atoms with Gasteiger partial charge in [-0.3, -0.25) is 5.32 Å². The van der Waals surface area contributed by atoms with Crippen molar-refractivity contribution in [1.29, 1.82) is 0 Å². The van der Waals surface area contributed by atoms with Crippen LogP contribution in [-0.2, 0) is 0 Å². The molecule has 0 saturated carbocycles. The zero-order valence-electron chi connectivity index (χ0n) is 38.0. The van der Waals surface area contributed by atoms with E-state index in [0.717, 1.165) is 55.7 Å². The normalized spacial score (nSPS) is 14.3. The molecule has 12 aromatic carbocycles. The third kappa shape index (κ3) is 5.82. The summed E-state index contributed by atoms with van der Waals surface area (Å²) in [6, 6.07) is 86.2. The molecule has 5 heteroatoms. The van der Waals surface area contributed by atoms with Crippen molar-refractivity contribution in [2.45, 2.75) is 6.17 Å². The number of benzene rings is 12. The molecule has 70 heavy (non-hydrogen) atoms. The van der Waals surface area contributed by atoms with Crippen molar-refractivity contribution in [2.75, 3.05) is 0 Å². The van der Waals surface area contributed by atoms with Gasteiger partial charge in [0.25, 0.3) is 0 Å². The lowest BCUT2D eigenvalue weighted by atomic mass is 9.97. The average Bonchev–Trinajstić information content (AvgIpc) is 3.94. The van der Waals surface area contributed by atoms with E-state index in [0.29, 0.717) is 5.84 Å². The quantitative estimate of drug-likeness (QED) is 0.167. The van der Waals surface area contributed by atoms with Crippen LogP contribution >= 0.6 is 0 Å². The molecule has 2 N–H and O–H groups in total. The maximum absolute atomic E-state index is 5.65. The van der Waals surface area contributed by atoms with Crippen molar-refractivity contribution >= 4 is 109 Å². The molecule has 1 aliphatic rings. The lowest BCUT2D eigenvalue weighted by Crippen LogP contribution is -2.90. The molecule has 1 aliphatic heterocycles. The molecule has 326 valence electrons. The Morgan fingerprint density at radius 3 is 1.81 bits per heavy atom. The molecule has 3 heterocycles. The third-order valence-corrected chi connectivity index (χ3v) is 14.8. The van der Waals surface area contributed by atoms with E-state index < -0.39 is 0 Å². The molecule has 0 aliphatic carbocycles. The number of quaternary nitrogens is 1. The van der Waals surface area contributed by atoms with Crippen molar-refractivity contribution in [3.8, 4) is 11.4 Å². The Kier molecular flexibility index (Phi) is 8.43. The van der Waals surface area contributed by atoms with E-state index in [4.69, 9.17) is 9.98 Å². The Balaban J connectivity index is 0.961. The molecule has 14 aromatic rings. The first-order valence-corrected chi connectivity index (χ1v) is 24.1. The van der Waals surface area contributed by atoms with Crippen LogP contribution in [0.3, 0.4) is 0 Å². The number of rotatable bonds is 5. The van der Waals surface area contributed by atoms with Gasteiger partial charge in [0, 0.05) is 32.8 Å². The number of nitrogens with two attached hydrogens (primary N) is 1. The number of aromatic nitrogens is 2. The van der Waals surface area contributed by atoms with Crippen LogP contribution in [0.25, 0.3) is 109 Å². The lowest BCUT2D eigenvalue weighted by Gasteiger charge is -2.22. The highest BCUT2D eigenvalue weighted by molar-refractivity contribution is 6.24. The van der Waals surface area contributed by atoms with E-state index >= 15 is 0 Å². The van der Waals surface area contributed by atoms with Crippen molar-refractivity contribution in [2.24, 2.45) is 9.98 Å². The Morgan fingerprint density at radius 1 is 0.357 bits per heavy atom. The summed E-state index contributed by atoms with van der Waals surface area (Å²) in [6.45, 7) is 0. The van der Waals surface area contributed by atoms with Crippen molar-refractivity contribution in [3.05, 3.63) is 253 Å². The number of amidine groups is 2. The molecule has 5 nitrogen and oxygen atoms in total. The minimum atomic E-state index is -0.254. The number of hydrogen-bond acceptors (Lipinski definition) is 2. The van der Waals surface area contributed by atoms with Crippen LogP contribution in [0.1, 0.15) is 22.9 Å². The minimum Gasteiger partial charge on any atom is -0.309 e. The molecular weight excluding hydrogens is 851 g/mol. The summed E-state index contributed by atoms with van der Waals surface area (Å²) in [7, 11) is 0. The number of hydrogen-bond donors (Lipinski definition) is 1. The maximum atomic E-state index is 5.65. The second kappa shape index (κ2) is 15.2. The fourth-order valence-corrected chi connectivity index (χ4v) is 11.7. The maximum Gasteiger partial charge on any atom is 0.236 e. The molecule has 0 fully saturated rings. The fraction of sp³-hybridized carbons (Fsp3) is 0.0154. The second-order valence-corrected chi connectivity index (χ2v) is 18.6. The van der Waals surface area contributed by atoms with Crippen LogP contribution in [0.5, 0.6) is 0 Å². The predicted octanol–water partition coefficient (Wildman–Crippen LogP) is 15.1. The van der Waals surface area contributed by atoms with Crippen LogP contribution in [0.2, 0.25) is 0 Å². The van der Waals surface area contributed by atoms with Gasteiger partial charge in [0.2, 0.25) is 12.0 Å². The summed E-state index contributed by atoms with van der Waals surface area (Å²) in [5.41, 5.74) is 10.1. The summed E-state index contributed by atoms with van der Waals surface area (Å²) >= 11 is 0. The van der Waals surface area contributed by atoms with Gasteiger partial charge < -0.3 is 9.13 Å². The van der Waals surface area contributed by atoms with Crippen molar-refractivity contribution in [1.82, 2.24) is 9.13 Å². The molecule has 1 unspecified atom stereocenters. The van der Waals surface area contributed by atoms with Gasteiger partial charge in [-0.1, -0.05) is 182 Å². The van der Waals surface area contributed by atoms with Crippen molar-refractivity contribution < 1.29 is 5.32 Å². The predicted molar refractivity (Wildman–Crippen MR) is 293 cm³/mol. The molecule has 0 amide bonds. The number of para-hydroxylation sites is 2. The van der Waals surface area contributed by atoms with Crippen LogP contribution in [-0.4, -0.2) is 20.8 Å². The van der Waals surface area contributed by atoms with Gasteiger partial charge in [0.1, 0.15) is 0 Å². The molecule has 0 bridgehead atoms. The van der Waals surface area contributed by atoms with Gasteiger partial charge in [0.15, 0.2) is 5.84 Å². The van der Waals surface area contributed by atoms with E-state index in [2.05, 4.69) is 251 Å². The Hall–Kier alpha value is -9.16. The highest BCUT2D eigenvalue weighted by Crippen LogP contribution is 2.41. The van der Waals surface area contributed by atoms with Gasteiger partial charge in [-0.05, 0) is 108 Å². The molecule has 2 aromatic heterocycles. The first-order chi connectivity index (χ1) is 34.7. The zero-order valence-corrected chi connectivity index (χ0v) is 38.0. The Morgan fingerprint density at radius 2 is 0.986 bits per heavy atom. The SMILES string of the molecule is c1ccc(C2N=C(c3c(-n4c5ccccc5c5cc6cc(-n7c8ccccc8c8c9ccccc9ccc87)ccc6cc54)ccc4ccccc34)N=C(c3cccc4c3ccc3ccccc34)[NH2+]2)cc1. The molecule has 15 rings (SSSR count). The van der Waals surface area contributed by atoms with E-state index in [9.17, 15) is 0 Å². The van der Waals surface area contributed by atoms with E-state index in [-0.39, 0.29) is 6.17 Å². The van der Waals surface area contributed by atoms with Crippen molar-refractivity contribution in [3.63, 3.8) is 0 Å². The molecule has 0 spiro atoms. The molecule has 0 radical (unpaired) electrons. The second-order valence-electron chi connectivity index (χ2n) is 18.6. The van der Waals surface area contributed by atoms with Gasteiger partial charge >= 0.3 is 0 Å². The first-order valence-electron chi connectivity index (χ1n) is 24.1. The monoisotopic (exact) mass is 892 g/mol. The largest absolute Gasteiger partial charge is 0.309 e. The highest BCUT2D eigenvalue weighted by Gasteiger charge is 2.30. The van der Waals surface area contributed by atoms with Crippen LogP contribution in [0.15, 0.2) is 247 Å². The van der Waals surface area contributed by atoms with Crippen LogP contribution in [0.4, 0.5) is 0 Å². The van der Waals surface area contributed by atoms with Gasteiger partial charge in [-0.2, -0.15) is 4.99 Å². The molecule has 0 saturated heterocycles. The highest BCUT2D eigenvalue weighted by atomic mass is 15.2. The average molecular weight is 893 g/mol. The number of fused-ring (bicyclic) bond motifs is 13. The van der Waals surface area contributed by atoms with Gasteiger partial charge in [0.05, 0.1) is 38.9 Å². The Labute approximate surface area is 402 Å². The van der Waals surface area contributed by atoms with Gasteiger partial charge in [-0.15, -0.1) is 0 Å². The Bertz CT molecular complexity index is 4570. The zero-order chi connectivity index (χ0) is 45.9. The molecule has 1 atom stereocenters. The first kappa shape index (κ1) is 38.9. The smallest absolute Gasteiger partial charge is 0.236 e. The summed E-state index contributed by atoms with van der Waals surface area (Å²) < 4.78 is 4.89. The van der Waals surface area contributed by atoms with Crippen LogP contribution in [0, 0.1) is 0 Å². The summed E-state index contributed by atoms with van der Waals surface area (Å²) in [6.07, 6.45) is -0.254. The minimum absolute atomic E-state index is 0.254. The van der Waals surface area contributed by atoms with Crippen LogP contribution < -0.4 is 5.32 Å². The van der Waals surface area contributed by atoms with E-state index in [1.807, 2.05) is 0 Å². The number of aliphatic imine (C=N–C) groups is 2. The van der Waals surface area contributed by atoms with E-state index in [1.54, 1.807) is 0 Å².